The molecular weight excluding hydrogens is 284 g/mol. The molecule has 1 aliphatic rings. The van der Waals surface area contributed by atoms with Gasteiger partial charge in [-0.1, -0.05) is 24.4 Å². The van der Waals surface area contributed by atoms with Gasteiger partial charge < -0.3 is 10.1 Å². The van der Waals surface area contributed by atoms with Crippen molar-refractivity contribution >= 4 is 23.2 Å². The van der Waals surface area contributed by atoms with Crippen LogP contribution in [-0.4, -0.2) is 23.5 Å². The maximum atomic E-state index is 11.7. The van der Waals surface area contributed by atoms with Gasteiger partial charge in [0.15, 0.2) is 12.4 Å². The van der Waals surface area contributed by atoms with Crippen LogP contribution in [-0.2, 0) is 4.79 Å². The van der Waals surface area contributed by atoms with E-state index in [1.165, 1.54) is 18.2 Å². The van der Waals surface area contributed by atoms with E-state index in [9.17, 15) is 14.9 Å². The number of ether oxygens (including phenoxy) is 1. The number of hydrogen-bond donors (Lipinski definition) is 1. The number of nitro benzene ring substituents is 1. The Bertz CT molecular complexity index is 515. The van der Waals surface area contributed by atoms with E-state index in [4.69, 9.17) is 16.3 Å². The van der Waals surface area contributed by atoms with E-state index < -0.39 is 4.92 Å². The molecule has 1 amide bonds. The number of carbonyl (C=O) groups excluding carboxylic acids is 1. The molecule has 1 N–H and O–H groups in total. The minimum atomic E-state index is -0.569. The highest BCUT2D eigenvalue weighted by molar-refractivity contribution is 6.30. The highest BCUT2D eigenvalue weighted by atomic mass is 35.5. The molecule has 0 heterocycles. The van der Waals surface area contributed by atoms with Gasteiger partial charge in [-0.15, -0.1) is 0 Å². The Kier molecular flexibility index (Phi) is 4.79. The third-order valence-corrected chi connectivity index (χ3v) is 3.43. The highest BCUT2D eigenvalue weighted by Gasteiger charge is 2.19. The molecule has 1 fully saturated rings. The normalized spacial score (nSPS) is 15.1. The molecule has 0 bridgehead atoms. The summed E-state index contributed by atoms with van der Waals surface area (Å²) in [6, 6.07) is 4.20. The van der Waals surface area contributed by atoms with Crippen molar-refractivity contribution in [2.75, 3.05) is 6.61 Å². The first-order chi connectivity index (χ1) is 9.56. The summed E-state index contributed by atoms with van der Waals surface area (Å²) in [5, 5.41) is 14.0. The Labute approximate surface area is 121 Å². The predicted octanol–water partition coefficient (Wildman–Crippen LogP) is 2.69. The molecule has 0 aromatic heterocycles. The number of carbonyl (C=O) groups is 1. The average molecular weight is 299 g/mol. The van der Waals surface area contributed by atoms with E-state index in [1.807, 2.05) is 0 Å². The second-order valence-electron chi connectivity index (χ2n) is 4.71. The molecule has 6 nitrogen and oxygen atoms in total. The second kappa shape index (κ2) is 6.56. The Morgan fingerprint density at radius 1 is 1.45 bits per heavy atom. The highest BCUT2D eigenvalue weighted by Crippen LogP contribution is 2.29. The Hall–Kier alpha value is -1.82. The van der Waals surface area contributed by atoms with Gasteiger partial charge in [0.1, 0.15) is 0 Å². The SMILES string of the molecule is O=C(COc1cc(Cl)ccc1[N+](=O)[O-])NC1CCCC1. The zero-order valence-corrected chi connectivity index (χ0v) is 11.6. The molecule has 20 heavy (non-hydrogen) atoms. The molecule has 0 unspecified atom stereocenters. The first-order valence-electron chi connectivity index (χ1n) is 6.42. The van der Waals surface area contributed by atoms with Crippen molar-refractivity contribution in [3.05, 3.63) is 33.3 Å². The van der Waals surface area contributed by atoms with Gasteiger partial charge in [0.05, 0.1) is 4.92 Å². The van der Waals surface area contributed by atoms with Crippen LogP contribution in [0.3, 0.4) is 0 Å². The summed E-state index contributed by atoms with van der Waals surface area (Å²) in [6.45, 7) is -0.252. The van der Waals surface area contributed by atoms with Crippen LogP contribution < -0.4 is 10.1 Å². The van der Waals surface area contributed by atoms with Gasteiger partial charge in [-0.25, -0.2) is 0 Å². The van der Waals surface area contributed by atoms with E-state index >= 15 is 0 Å². The molecule has 0 spiro atoms. The van der Waals surface area contributed by atoms with Crippen LogP contribution in [0.15, 0.2) is 18.2 Å². The van der Waals surface area contributed by atoms with E-state index in [0.29, 0.717) is 5.02 Å². The molecule has 0 aliphatic heterocycles. The molecule has 1 saturated carbocycles. The Morgan fingerprint density at radius 3 is 2.80 bits per heavy atom. The average Bonchev–Trinajstić information content (AvgIpc) is 2.89. The molecule has 0 saturated heterocycles. The van der Waals surface area contributed by atoms with Gasteiger partial charge in [0, 0.05) is 23.2 Å². The van der Waals surface area contributed by atoms with Gasteiger partial charge in [-0.05, 0) is 18.9 Å². The maximum Gasteiger partial charge on any atom is 0.311 e. The zero-order chi connectivity index (χ0) is 14.5. The lowest BCUT2D eigenvalue weighted by Crippen LogP contribution is -2.36. The number of halogens is 1. The van der Waals surface area contributed by atoms with Crippen molar-refractivity contribution in [2.24, 2.45) is 0 Å². The monoisotopic (exact) mass is 298 g/mol. The standard InChI is InChI=1S/C13H15ClN2O4/c14-9-5-6-11(16(18)19)12(7-9)20-8-13(17)15-10-3-1-2-4-10/h5-7,10H,1-4,8H2,(H,15,17). The van der Waals surface area contributed by atoms with E-state index in [1.54, 1.807) is 0 Å². The zero-order valence-electron chi connectivity index (χ0n) is 10.8. The van der Waals surface area contributed by atoms with Crippen molar-refractivity contribution in [2.45, 2.75) is 31.7 Å². The topological polar surface area (TPSA) is 81.5 Å². The molecule has 1 aromatic carbocycles. The second-order valence-corrected chi connectivity index (χ2v) is 5.14. The molecular formula is C13H15ClN2O4. The first-order valence-corrected chi connectivity index (χ1v) is 6.80. The van der Waals surface area contributed by atoms with E-state index in [-0.39, 0.29) is 30.0 Å². The van der Waals surface area contributed by atoms with Gasteiger partial charge in [0.25, 0.3) is 5.91 Å². The van der Waals surface area contributed by atoms with Crippen LogP contribution in [0.25, 0.3) is 0 Å². The summed E-state index contributed by atoms with van der Waals surface area (Å²) in [6.07, 6.45) is 4.18. The number of nitrogens with one attached hydrogen (secondary N) is 1. The lowest BCUT2D eigenvalue weighted by Gasteiger charge is -2.12. The third-order valence-electron chi connectivity index (χ3n) is 3.20. The maximum absolute atomic E-state index is 11.7. The van der Waals surface area contributed by atoms with Crippen LogP contribution in [0, 0.1) is 10.1 Å². The molecule has 1 aliphatic carbocycles. The minimum absolute atomic E-state index is 0.00377. The number of nitro groups is 1. The fourth-order valence-electron chi connectivity index (χ4n) is 2.24. The van der Waals surface area contributed by atoms with Crippen molar-refractivity contribution in [1.29, 1.82) is 0 Å². The van der Waals surface area contributed by atoms with Crippen molar-refractivity contribution in [3.8, 4) is 5.75 Å². The van der Waals surface area contributed by atoms with Gasteiger partial charge in [-0.3, -0.25) is 14.9 Å². The summed E-state index contributed by atoms with van der Waals surface area (Å²) in [4.78, 5) is 22.0. The van der Waals surface area contributed by atoms with Gasteiger partial charge >= 0.3 is 5.69 Å². The van der Waals surface area contributed by atoms with E-state index in [2.05, 4.69) is 5.32 Å². The van der Waals surface area contributed by atoms with Crippen LogP contribution >= 0.6 is 11.6 Å². The lowest BCUT2D eigenvalue weighted by molar-refractivity contribution is -0.385. The van der Waals surface area contributed by atoms with Gasteiger partial charge in [-0.2, -0.15) is 0 Å². The number of hydrogen-bond acceptors (Lipinski definition) is 4. The summed E-state index contributed by atoms with van der Waals surface area (Å²) in [7, 11) is 0. The minimum Gasteiger partial charge on any atom is -0.477 e. The Morgan fingerprint density at radius 2 is 2.15 bits per heavy atom. The molecule has 0 atom stereocenters. The fraction of sp³-hybridized carbons (Fsp3) is 0.462. The van der Waals surface area contributed by atoms with Crippen LogP contribution in [0.4, 0.5) is 5.69 Å². The quantitative estimate of drug-likeness (QED) is 0.669. The van der Waals surface area contributed by atoms with E-state index in [0.717, 1.165) is 25.7 Å². The van der Waals surface area contributed by atoms with Gasteiger partial charge in [0.2, 0.25) is 0 Å². The molecule has 108 valence electrons. The fourth-order valence-corrected chi connectivity index (χ4v) is 2.40. The summed E-state index contributed by atoms with van der Waals surface area (Å²) >= 11 is 5.77. The number of amides is 1. The molecule has 0 radical (unpaired) electrons. The smallest absolute Gasteiger partial charge is 0.311 e. The lowest BCUT2D eigenvalue weighted by atomic mass is 10.2. The van der Waals surface area contributed by atoms with Crippen LogP contribution in [0.5, 0.6) is 5.75 Å². The third kappa shape index (κ3) is 3.84. The molecule has 2 rings (SSSR count). The number of benzene rings is 1. The predicted molar refractivity (Wildman–Crippen MR) is 74.0 cm³/mol. The van der Waals surface area contributed by atoms with Crippen molar-refractivity contribution in [1.82, 2.24) is 5.32 Å². The summed E-state index contributed by atoms with van der Waals surface area (Å²) < 4.78 is 5.21. The first kappa shape index (κ1) is 14.6. The van der Waals surface area contributed by atoms with Crippen molar-refractivity contribution in [3.63, 3.8) is 0 Å². The largest absolute Gasteiger partial charge is 0.477 e. The van der Waals surface area contributed by atoms with Crippen molar-refractivity contribution < 1.29 is 14.5 Å². The Balaban J connectivity index is 1.94. The number of rotatable bonds is 5. The van der Waals surface area contributed by atoms with Crippen LogP contribution in [0.1, 0.15) is 25.7 Å². The molecule has 1 aromatic rings. The summed E-state index contributed by atoms with van der Waals surface area (Å²) in [5.74, 6) is -0.268. The number of nitrogens with zero attached hydrogens (tertiary/aromatic N) is 1. The molecule has 7 heteroatoms. The summed E-state index contributed by atoms with van der Waals surface area (Å²) in [5.41, 5.74) is -0.205. The van der Waals surface area contributed by atoms with Crippen LogP contribution in [0.2, 0.25) is 5.02 Å².